The molecule has 1 rings (SSSR count). The Morgan fingerprint density at radius 2 is 1.75 bits per heavy atom. The van der Waals surface area contributed by atoms with Crippen LogP contribution in [0.2, 0.25) is 0 Å². The van der Waals surface area contributed by atoms with E-state index in [1.165, 1.54) is 0 Å². The van der Waals surface area contributed by atoms with Crippen molar-refractivity contribution in [2.75, 3.05) is 26.2 Å². The molecule has 16 heavy (non-hydrogen) atoms. The summed E-state index contributed by atoms with van der Waals surface area (Å²) in [7, 11) is 0. The number of rotatable bonds is 4. The van der Waals surface area contributed by atoms with Crippen LogP contribution in [0.3, 0.4) is 0 Å². The van der Waals surface area contributed by atoms with Gasteiger partial charge in [0.05, 0.1) is 6.07 Å². The van der Waals surface area contributed by atoms with Crippen LogP contribution in [-0.2, 0) is 0 Å². The SMILES string of the molecule is CCN(CC)C1(C#N)CCN(C(C)C)CC1. The molecule has 3 heteroatoms. The first kappa shape index (κ1) is 13.5. The molecule has 0 bridgehead atoms. The van der Waals surface area contributed by atoms with E-state index in [9.17, 15) is 5.26 Å². The first-order valence-corrected chi connectivity index (χ1v) is 6.50. The second-order valence-electron chi connectivity index (χ2n) is 4.95. The molecule has 0 aromatic carbocycles. The largest absolute Gasteiger partial charge is 0.301 e. The Labute approximate surface area is 100 Å². The normalized spacial score (nSPS) is 21.3. The highest BCUT2D eigenvalue weighted by Crippen LogP contribution is 2.28. The van der Waals surface area contributed by atoms with Gasteiger partial charge in [0.1, 0.15) is 5.54 Å². The average molecular weight is 223 g/mol. The summed E-state index contributed by atoms with van der Waals surface area (Å²) in [6.07, 6.45) is 1.98. The van der Waals surface area contributed by atoms with Gasteiger partial charge in [-0.25, -0.2) is 0 Å². The van der Waals surface area contributed by atoms with E-state index in [0.29, 0.717) is 6.04 Å². The maximum Gasteiger partial charge on any atom is 0.111 e. The Balaban J connectivity index is 2.69. The van der Waals surface area contributed by atoms with Crippen molar-refractivity contribution < 1.29 is 0 Å². The van der Waals surface area contributed by atoms with Crippen molar-refractivity contribution in [1.82, 2.24) is 9.80 Å². The third kappa shape index (κ3) is 2.56. The summed E-state index contributed by atoms with van der Waals surface area (Å²) >= 11 is 0. The highest BCUT2D eigenvalue weighted by atomic mass is 15.2. The highest BCUT2D eigenvalue weighted by molar-refractivity contribution is 5.10. The van der Waals surface area contributed by atoms with Crippen molar-refractivity contribution in [2.45, 2.75) is 52.1 Å². The molecule has 0 spiro atoms. The fourth-order valence-corrected chi connectivity index (χ4v) is 2.74. The van der Waals surface area contributed by atoms with Gasteiger partial charge in [0.25, 0.3) is 0 Å². The average Bonchev–Trinajstić information content (AvgIpc) is 2.31. The van der Waals surface area contributed by atoms with E-state index in [4.69, 9.17) is 0 Å². The molecule has 1 heterocycles. The van der Waals surface area contributed by atoms with Crippen molar-refractivity contribution in [3.05, 3.63) is 0 Å². The first-order chi connectivity index (χ1) is 7.59. The maximum atomic E-state index is 9.49. The molecule has 3 nitrogen and oxygen atoms in total. The Bertz CT molecular complexity index is 242. The molecule has 0 aliphatic carbocycles. The Morgan fingerprint density at radius 3 is 2.06 bits per heavy atom. The summed E-state index contributed by atoms with van der Waals surface area (Å²) in [6.45, 7) is 12.8. The zero-order valence-electron chi connectivity index (χ0n) is 11.2. The van der Waals surface area contributed by atoms with Gasteiger partial charge in [-0.05, 0) is 39.8 Å². The van der Waals surface area contributed by atoms with Crippen LogP contribution in [0.1, 0.15) is 40.5 Å². The van der Waals surface area contributed by atoms with Gasteiger partial charge >= 0.3 is 0 Å². The van der Waals surface area contributed by atoms with Crippen molar-refractivity contribution in [2.24, 2.45) is 0 Å². The second-order valence-corrected chi connectivity index (χ2v) is 4.95. The summed E-state index contributed by atoms with van der Waals surface area (Å²) in [6, 6.07) is 3.18. The molecule has 0 unspecified atom stereocenters. The lowest BCUT2D eigenvalue weighted by atomic mass is 9.86. The molecular formula is C13H25N3. The van der Waals surface area contributed by atoms with Crippen LogP contribution in [0.4, 0.5) is 0 Å². The molecule has 0 amide bonds. The van der Waals surface area contributed by atoms with E-state index < -0.39 is 0 Å². The van der Waals surface area contributed by atoms with Gasteiger partial charge in [0.2, 0.25) is 0 Å². The molecule has 0 atom stereocenters. The maximum absolute atomic E-state index is 9.49. The second kappa shape index (κ2) is 5.65. The Morgan fingerprint density at radius 1 is 1.25 bits per heavy atom. The van der Waals surface area contributed by atoms with Gasteiger partial charge in [-0.1, -0.05) is 13.8 Å². The summed E-state index contributed by atoms with van der Waals surface area (Å²) in [5.74, 6) is 0. The van der Waals surface area contributed by atoms with Gasteiger partial charge in [-0.15, -0.1) is 0 Å². The van der Waals surface area contributed by atoms with Crippen LogP contribution in [0, 0.1) is 11.3 Å². The molecule has 1 saturated heterocycles. The number of likely N-dealkylation sites (tertiary alicyclic amines) is 1. The van der Waals surface area contributed by atoms with Crippen LogP contribution < -0.4 is 0 Å². The summed E-state index contributed by atoms with van der Waals surface area (Å²) in [4.78, 5) is 4.80. The Kier molecular flexibility index (Phi) is 4.76. The van der Waals surface area contributed by atoms with Crippen LogP contribution in [-0.4, -0.2) is 47.6 Å². The quantitative estimate of drug-likeness (QED) is 0.731. The molecule has 0 aromatic heterocycles. The first-order valence-electron chi connectivity index (χ1n) is 6.50. The number of hydrogen-bond donors (Lipinski definition) is 0. The molecule has 0 radical (unpaired) electrons. The van der Waals surface area contributed by atoms with Crippen molar-refractivity contribution in [3.8, 4) is 6.07 Å². The Hall–Kier alpha value is -0.590. The van der Waals surface area contributed by atoms with Crippen LogP contribution in [0.15, 0.2) is 0 Å². The van der Waals surface area contributed by atoms with Crippen molar-refractivity contribution >= 4 is 0 Å². The fraction of sp³-hybridized carbons (Fsp3) is 0.923. The van der Waals surface area contributed by atoms with Gasteiger partial charge in [0.15, 0.2) is 0 Å². The number of hydrogen-bond acceptors (Lipinski definition) is 3. The molecule has 0 N–H and O–H groups in total. The minimum absolute atomic E-state index is 0.200. The summed E-state index contributed by atoms with van der Waals surface area (Å²) in [5, 5.41) is 9.49. The minimum atomic E-state index is -0.200. The smallest absolute Gasteiger partial charge is 0.111 e. The number of piperidine rings is 1. The lowest BCUT2D eigenvalue weighted by molar-refractivity contribution is 0.0560. The van der Waals surface area contributed by atoms with E-state index in [1.54, 1.807) is 0 Å². The van der Waals surface area contributed by atoms with E-state index in [1.807, 2.05) is 0 Å². The molecule has 92 valence electrons. The summed E-state index contributed by atoms with van der Waals surface area (Å²) in [5.41, 5.74) is -0.200. The van der Waals surface area contributed by atoms with E-state index in [-0.39, 0.29) is 5.54 Å². The van der Waals surface area contributed by atoms with Gasteiger partial charge in [0, 0.05) is 19.1 Å². The molecule has 0 aromatic rings. The number of nitriles is 1. The third-order valence-electron chi connectivity index (χ3n) is 3.93. The number of nitrogens with zero attached hydrogens (tertiary/aromatic N) is 3. The van der Waals surface area contributed by atoms with E-state index >= 15 is 0 Å². The standard InChI is InChI=1S/C13H25N3/c1-5-16(6-2)13(11-14)7-9-15(10-8-13)12(3)4/h12H,5-10H2,1-4H3. The zero-order valence-corrected chi connectivity index (χ0v) is 11.2. The van der Waals surface area contributed by atoms with E-state index in [0.717, 1.165) is 39.0 Å². The van der Waals surface area contributed by atoms with Crippen LogP contribution >= 0.6 is 0 Å². The highest BCUT2D eigenvalue weighted by Gasteiger charge is 2.39. The van der Waals surface area contributed by atoms with E-state index in [2.05, 4.69) is 43.6 Å². The zero-order chi connectivity index (χ0) is 12.2. The lowest BCUT2D eigenvalue weighted by Gasteiger charge is -2.44. The summed E-state index contributed by atoms with van der Waals surface area (Å²) < 4.78 is 0. The lowest BCUT2D eigenvalue weighted by Crippen LogP contribution is -2.55. The predicted molar refractivity (Wildman–Crippen MR) is 67.2 cm³/mol. The van der Waals surface area contributed by atoms with Crippen LogP contribution in [0.25, 0.3) is 0 Å². The van der Waals surface area contributed by atoms with Gasteiger partial charge < -0.3 is 4.90 Å². The minimum Gasteiger partial charge on any atom is -0.301 e. The van der Waals surface area contributed by atoms with Gasteiger partial charge in [-0.2, -0.15) is 5.26 Å². The predicted octanol–water partition coefficient (Wildman–Crippen LogP) is 2.09. The molecule has 1 fully saturated rings. The van der Waals surface area contributed by atoms with Crippen molar-refractivity contribution in [3.63, 3.8) is 0 Å². The fourth-order valence-electron chi connectivity index (χ4n) is 2.74. The molecular weight excluding hydrogens is 198 g/mol. The van der Waals surface area contributed by atoms with Crippen LogP contribution in [0.5, 0.6) is 0 Å². The van der Waals surface area contributed by atoms with Gasteiger partial charge in [-0.3, -0.25) is 4.90 Å². The monoisotopic (exact) mass is 223 g/mol. The molecule has 0 saturated carbocycles. The van der Waals surface area contributed by atoms with Crippen molar-refractivity contribution in [1.29, 1.82) is 5.26 Å². The molecule has 1 aliphatic rings. The third-order valence-corrected chi connectivity index (χ3v) is 3.93. The topological polar surface area (TPSA) is 30.3 Å². The molecule has 1 aliphatic heterocycles.